The SMILES string of the molecule is COc1ccc([C@H](CC(=O)O)NC(=O)c2cccc([N+](=O)[O-])c2C)cc1. The molecule has 2 N–H and O–H groups in total. The first-order valence-electron chi connectivity index (χ1n) is 7.74. The van der Waals surface area contributed by atoms with E-state index in [4.69, 9.17) is 9.84 Å². The van der Waals surface area contributed by atoms with Gasteiger partial charge in [-0.2, -0.15) is 0 Å². The number of amides is 1. The van der Waals surface area contributed by atoms with Gasteiger partial charge in [-0.15, -0.1) is 0 Å². The van der Waals surface area contributed by atoms with Crippen LogP contribution in [0.2, 0.25) is 0 Å². The zero-order chi connectivity index (χ0) is 19.3. The van der Waals surface area contributed by atoms with Crippen LogP contribution in [-0.4, -0.2) is 29.0 Å². The summed E-state index contributed by atoms with van der Waals surface area (Å²) in [5.74, 6) is -1.06. The van der Waals surface area contributed by atoms with Crippen molar-refractivity contribution in [1.82, 2.24) is 5.32 Å². The van der Waals surface area contributed by atoms with E-state index in [1.54, 1.807) is 24.3 Å². The molecule has 8 heteroatoms. The molecule has 0 aliphatic heterocycles. The van der Waals surface area contributed by atoms with Crippen LogP contribution in [0.15, 0.2) is 42.5 Å². The van der Waals surface area contributed by atoms with E-state index in [-0.39, 0.29) is 23.2 Å². The first-order valence-corrected chi connectivity index (χ1v) is 7.74. The zero-order valence-electron chi connectivity index (χ0n) is 14.3. The van der Waals surface area contributed by atoms with E-state index in [0.29, 0.717) is 11.3 Å². The Kier molecular flexibility index (Phi) is 5.90. The van der Waals surface area contributed by atoms with Gasteiger partial charge in [-0.25, -0.2) is 0 Å². The van der Waals surface area contributed by atoms with Crippen molar-refractivity contribution in [2.45, 2.75) is 19.4 Å². The highest BCUT2D eigenvalue weighted by Gasteiger charge is 2.22. The van der Waals surface area contributed by atoms with Crippen molar-refractivity contribution in [3.8, 4) is 5.75 Å². The number of carboxylic acids is 1. The molecule has 0 bridgehead atoms. The number of carbonyl (C=O) groups excluding carboxylic acids is 1. The van der Waals surface area contributed by atoms with Gasteiger partial charge in [0.15, 0.2) is 0 Å². The van der Waals surface area contributed by atoms with Crippen molar-refractivity contribution >= 4 is 17.6 Å². The van der Waals surface area contributed by atoms with Gasteiger partial charge in [0, 0.05) is 17.2 Å². The van der Waals surface area contributed by atoms with Crippen LogP contribution in [0, 0.1) is 17.0 Å². The Hall–Kier alpha value is -3.42. The van der Waals surface area contributed by atoms with Crippen LogP contribution >= 0.6 is 0 Å². The van der Waals surface area contributed by atoms with Crippen LogP contribution in [0.5, 0.6) is 5.75 Å². The van der Waals surface area contributed by atoms with E-state index in [2.05, 4.69) is 5.32 Å². The lowest BCUT2D eigenvalue weighted by molar-refractivity contribution is -0.385. The van der Waals surface area contributed by atoms with Gasteiger partial charge in [-0.1, -0.05) is 18.2 Å². The summed E-state index contributed by atoms with van der Waals surface area (Å²) in [6.45, 7) is 1.48. The van der Waals surface area contributed by atoms with E-state index >= 15 is 0 Å². The first kappa shape index (κ1) is 18.9. The summed E-state index contributed by atoms with van der Waals surface area (Å²) in [6, 6.07) is 10.0. The molecule has 0 saturated heterocycles. The van der Waals surface area contributed by atoms with E-state index in [0.717, 1.165) is 0 Å². The number of hydrogen-bond donors (Lipinski definition) is 2. The number of carbonyl (C=O) groups is 2. The molecule has 1 amide bonds. The number of rotatable bonds is 7. The van der Waals surface area contributed by atoms with Gasteiger partial charge in [0.2, 0.25) is 0 Å². The Morgan fingerprint density at radius 2 is 1.88 bits per heavy atom. The van der Waals surface area contributed by atoms with Crippen LogP contribution in [0.1, 0.15) is 33.9 Å². The number of nitro groups is 1. The maximum absolute atomic E-state index is 12.6. The van der Waals surface area contributed by atoms with Gasteiger partial charge < -0.3 is 15.2 Å². The Labute approximate surface area is 149 Å². The molecular formula is C18H18N2O6. The molecule has 2 rings (SSSR count). The Morgan fingerprint density at radius 1 is 1.23 bits per heavy atom. The average molecular weight is 358 g/mol. The largest absolute Gasteiger partial charge is 0.497 e. The topological polar surface area (TPSA) is 119 Å². The minimum Gasteiger partial charge on any atom is -0.497 e. The lowest BCUT2D eigenvalue weighted by Gasteiger charge is -2.18. The molecule has 0 saturated carbocycles. The number of hydrogen-bond acceptors (Lipinski definition) is 5. The van der Waals surface area contributed by atoms with Crippen molar-refractivity contribution in [3.63, 3.8) is 0 Å². The summed E-state index contributed by atoms with van der Waals surface area (Å²) in [5, 5.41) is 22.8. The molecule has 2 aromatic rings. The maximum atomic E-state index is 12.6. The van der Waals surface area contributed by atoms with Gasteiger partial charge in [0.1, 0.15) is 5.75 Å². The molecule has 0 spiro atoms. The van der Waals surface area contributed by atoms with Crippen LogP contribution in [0.4, 0.5) is 5.69 Å². The summed E-state index contributed by atoms with van der Waals surface area (Å²) in [4.78, 5) is 34.2. The second-order valence-corrected chi connectivity index (χ2v) is 5.60. The van der Waals surface area contributed by atoms with Crippen LogP contribution in [0.25, 0.3) is 0 Å². The highest BCUT2D eigenvalue weighted by Crippen LogP contribution is 2.24. The third-order valence-corrected chi connectivity index (χ3v) is 3.95. The van der Waals surface area contributed by atoms with Crippen LogP contribution < -0.4 is 10.1 Å². The molecule has 0 aliphatic carbocycles. The molecule has 0 fully saturated rings. The number of nitrogens with zero attached hydrogens (tertiary/aromatic N) is 1. The normalized spacial score (nSPS) is 11.5. The number of benzene rings is 2. The number of methoxy groups -OCH3 is 1. The lowest BCUT2D eigenvalue weighted by atomic mass is 10.0. The Balaban J connectivity index is 2.30. The molecule has 2 aromatic carbocycles. The summed E-state index contributed by atoms with van der Waals surface area (Å²) >= 11 is 0. The fourth-order valence-electron chi connectivity index (χ4n) is 2.57. The molecule has 0 aliphatic rings. The maximum Gasteiger partial charge on any atom is 0.305 e. The Morgan fingerprint density at radius 3 is 2.42 bits per heavy atom. The van der Waals surface area contributed by atoms with Crippen molar-refractivity contribution in [2.24, 2.45) is 0 Å². The van der Waals surface area contributed by atoms with Gasteiger partial charge in [-0.05, 0) is 30.7 Å². The number of aliphatic carboxylic acids is 1. The molecule has 26 heavy (non-hydrogen) atoms. The average Bonchev–Trinajstić information content (AvgIpc) is 2.60. The van der Waals surface area contributed by atoms with Crippen molar-refractivity contribution < 1.29 is 24.4 Å². The fraction of sp³-hybridized carbons (Fsp3) is 0.222. The van der Waals surface area contributed by atoms with Crippen molar-refractivity contribution in [2.75, 3.05) is 7.11 Å². The highest BCUT2D eigenvalue weighted by molar-refractivity contribution is 5.97. The number of nitro benzene ring substituents is 1. The Bertz CT molecular complexity index is 832. The predicted octanol–water partition coefficient (Wildman–Crippen LogP) is 2.86. The minimum atomic E-state index is -1.08. The third kappa shape index (κ3) is 4.35. The second-order valence-electron chi connectivity index (χ2n) is 5.60. The van der Waals surface area contributed by atoms with Gasteiger partial charge >= 0.3 is 5.97 Å². The summed E-state index contributed by atoms with van der Waals surface area (Å²) in [7, 11) is 1.51. The molecule has 0 unspecified atom stereocenters. The van der Waals surface area contributed by atoms with Crippen LogP contribution in [0.3, 0.4) is 0 Å². The van der Waals surface area contributed by atoms with Gasteiger partial charge in [-0.3, -0.25) is 19.7 Å². The zero-order valence-corrected chi connectivity index (χ0v) is 14.3. The standard InChI is InChI=1S/C18H18N2O6/c1-11-14(4-3-5-16(11)20(24)25)18(23)19-15(10-17(21)22)12-6-8-13(26-2)9-7-12/h3-9,15H,10H2,1-2H3,(H,19,23)(H,21,22)/t15-/m0/s1. The molecule has 0 radical (unpaired) electrons. The molecular weight excluding hydrogens is 340 g/mol. The van der Waals surface area contributed by atoms with Gasteiger partial charge in [0.25, 0.3) is 11.6 Å². The molecule has 0 heterocycles. The third-order valence-electron chi connectivity index (χ3n) is 3.95. The molecule has 1 atom stereocenters. The number of ether oxygens (including phenoxy) is 1. The number of carboxylic acid groups (broad SMARTS) is 1. The van der Waals surface area contributed by atoms with Gasteiger partial charge in [0.05, 0.1) is 24.5 Å². The van der Waals surface area contributed by atoms with E-state index in [1.807, 2.05) is 0 Å². The quantitative estimate of drug-likeness (QED) is 0.580. The van der Waals surface area contributed by atoms with E-state index in [1.165, 1.54) is 32.2 Å². The predicted molar refractivity (Wildman–Crippen MR) is 93.3 cm³/mol. The van der Waals surface area contributed by atoms with E-state index < -0.39 is 22.8 Å². The smallest absolute Gasteiger partial charge is 0.305 e. The highest BCUT2D eigenvalue weighted by atomic mass is 16.6. The summed E-state index contributed by atoms with van der Waals surface area (Å²) < 4.78 is 5.06. The second kappa shape index (κ2) is 8.11. The van der Waals surface area contributed by atoms with Crippen molar-refractivity contribution in [3.05, 3.63) is 69.3 Å². The first-order chi connectivity index (χ1) is 12.3. The van der Waals surface area contributed by atoms with Crippen molar-refractivity contribution in [1.29, 1.82) is 0 Å². The molecule has 8 nitrogen and oxygen atoms in total. The fourth-order valence-corrected chi connectivity index (χ4v) is 2.57. The van der Waals surface area contributed by atoms with Crippen LogP contribution in [-0.2, 0) is 4.79 Å². The lowest BCUT2D eigenvalue weighted by Crippen LogP contribution is -2.30. The summed E-state index contributed by atoms with van der Waals surface area (Å²) in [5.41, 5.74) is 0.767. The van der Waals surface area contributed by atoms with E-state index in [9.17, 15) is 19.7 Å². The molecule has 0 aromatic heterocycles. The molecule has 136 valence electrons. The number of nitrogens with one attached hydrogen (secondary N) is 1. The summed E-state index contributed by atoms with van der Waals surface area (Å²) in [6.07, 6.45) is -0.327. The minimum absolute atomic E-state index is 0.128. The monoisotopic (exact) mass is 358 g/mol.